The van der Waals surface area contributed by atoms with E-state index in [2.05, 4.69) is 0 Å². The van der Waals surface area contributed by atoms with E-state index >= 15 is 0 Å². The standard InChI is InChI=1S/C7H12N2O3/c1-5(8)7(12)9(3-4-10)6(2)11/h4-5H,3,8H2,1-2H3. The Morgan fingerprint density at radius 1 is 1.58 bits per heavy atom. The van der Waals surface area contributed by atoms with Crippen LogP contribution in [-0.4, -0.2) is 35.6 Å². The Bertz CT molecular complexity index is 201. The lowest BCUT2D eigenvalue weighted by Gasteiger charge is -2.17. The third-order valence-corrected chi connectivity index (χ3v) is 1.29. The van der Waals surface area contributed by atoms with E-state index in [9.17, 15) is 14.4 Å². The van der Waals surface area contributed by atoms with Crippen LogP contribution in [0.25, 0.3) is 0 Å². The molecule has 0 fully saturated rings. The maximum absolute atomic E-state index is 11.1. The molecule has 2 amide bonds. The molecule has 0 spiro atoms. The Morgan fingerprint density at radius 3 is 2.33 bits per heavy atom. The van der Waals surface area contributed by atoms with E-state index in [4.69, 9.17) is 5.73 Å². The highest BCUT2D eigenvalue weighted by Crippen LogP contribution is 1.92. The molecule has 5 nitrogen and oxygen atoms in total. The summed E-state index contributed by atoms with van der Waals surface area (Å²) < 4.78 is 0. The lowest BCUT2D eigenvalue weighted by atomic mass is 10.3. The predicted octanol–water partition coefficient (Wildman–Crippen LogP) is -1.09. The molecule has 5 heteroatoms. The molecule has 0 heterocycles. The monoisotopic (exact) mass is 172 g/mol. The Balaban J connectivity index is 4.39. The van der Waals surface area contributed by atoms with Crippen molar-refractivity contribution < 1.29 is 14.4 Å². The summed E-state index contributed by atoms with van der Waals surface area (Å²) in [6, 6.07) is -0.756. The molecule has 1 unspecified atom stereocenters. The molecule has 0 aliphatic heterocycles. The van der Waals surface area contributed by atoms with Crippen LogP contribution in [0.4, 0.5) is 0 Å². The van der Waals surface area contributed by atoms with Gasteiger partial charge in [-0.1, -0.05) is 0 Å². The summed E-state index contributed by atoms with van der Waals surface area (Å²) in [6.07, 6.45) is 0.488. The first-order valence-corrected chi connectivity index (χ1v) is 3.51. The van der Waals surface area contributed by atoms with Crippen molar-refractivity contribution in [3.63, 3.8) is 0 Å². The minimum Gasteiger partial charge on any atom is -0.320 e. The van der Waals surface area contributed by atoms with Crippen LogP contribution in [0, 0.1) is 0 Å². The van der Waals surface area contributed by atoms with E-state index in [1.165, 1.54) is 13.8 Å². The smallest absolute Gasteiger partial charge is 0.246 e. The summed E-state index contributed by atoms with van der Waals surface area (Å²) in [6.45, 7) is 2.45. The van der Waals surface area contributed by atoms with E-state index in [0.29, 0.717) is 6.29 Å². The van der Waals surface area contributed by atoms with Gasteiger partial charge in [-0.05, 0) is 6.92 Å². The van der Waals surface area contributed by atoms with Crippen LogP contribution in [0.1, 0.15) is 13.8 Å². The van der Waals surface area contributed by atoms with Crippen LogP contribution in [0.2, 0.25) is 0 Å². The van der Waals surface area contributed by atoms with Crippen molar-refractivity contribution in [1.82, 2.24) is 4.90 Å². The maximum Gasteiger partial charge on any atom is 0.246 e. The van der Waals surface area contributed by atoms with Gasteiger partial charge in [0.2, 0.25) is 11.8 Å². The molecular formula is C7H12N2O3. The van der Waals surface area contributed by atoms with Gasteiger partial charge in [-0.25, -0.2) is 0 Å². The molecule has 0 rings (SSSR count). The number of rotatable bonds is 3. The summed E-state index contributed by atoms with van der Waals surface area (Å²) in [5.74, 6) is -1.00. The molecule has 0 radical (unpaired) electrons. The highest BCUT2D eigenvalue weighted by Gasteiger charge is 2.20. The number of carbonyl (C=O) groups is 3. The third-order valence-electron chi connectivity index (χ3n) is 1.29. The van der Waals surface area contributed by atoms with Crippen molar-refractivity contribution in [3.8, 4) is 0 Å². The minimum absolute atomic E-state index is 0.226. The number of carbonyl (C=O) groups excluding carboxylic acids is 3. The van der Waals surface area contributed by atoms with Crippen LogP contribution < -0.4 is 5.73 Å². The summed E-state index contributed by atoms with van der Waals surface area (Å²) in [7, 11) is 0. The fourth-order valence-corrected chi connectivity index (χ4v) is 0.694. The SMILES string of the molecule is CC(=O)N(CC=O)C(=O)C(C)N. The molecule has 0 aliphatic rings. The number of hydrogen-bond donors (Lipinski definition) is 1. The first-order chi connectivity index (χ1) is 5.50. The van der Waals surface area contributed by atoms with Crippen molar-refractivity contribution in [1.29, 1.82) is 0 Å². The van der Waals surface area contributed by atoms with E-state index in [-0.39, 0.29) is 6.54 Å². The second kappa shape index (κ2) is 4.61. The third kappa shape index (κ3) is 2.79. The minimum atomic E-state index is -0.756. The zero-order valence-corrected chi connectivity index (χ0v) is 7.11. The Morgan fingerprint density at radius 2 is 2.08 bits per heavy atom. The molecule has 0 aromatic rings. The Labute approximate surface area is 70.5 Å². The average molecular weight is 172 g/mol. The maximum atomic E-state index is 11.1. The highest BCUT2D eigenvalue weighted by atomic mass is 16.2. The second-order valence-corrected chi connectivity index (χ2v) is 2.42. The van der Waals surface area contributed by atoms with Crippen LogP contribution in [0.5, 0.6) is 0 Å². The molecule has 2 N–H and O–H groups in total. The van der Waals surface area contributed by atoms with Crippen molar-refractivity contribution >= 4 is 18.1 Å². The molecule has 68 valence electrons. The van der Waals surface area contributed by atoms with Gasteiger partial charge < -0.3 is 10.5 Å². The largest absolute Gasteiger partial charge is 0.320 e. The van der Waals surface area contributed by atoms with E-state index in [0.717, 1.165) is 4.90 Å². The Kier molecular flexibility index (Phi) is 4.14. The van der Waals surface area contributed by atoms with Gasteiger partial charge in [0.25, 0.3) is 0 Å². The number of amides is 2. The molecular weight excluding hydrogens is 160 g/mol. The summed E-state index contributed by atoms with van der Waals surface area (Å²) in [5, 5.41) is 0. The quantitative estimate of drug-likeness (QED) is 0.548. The number of aldehydes is 1. The number of nitrogens with two attached hydrogens (primary N) is 1. The van der Waals surface area contributed by atoms with Gasteiger partial charge in [-0.2, -0.15) is 0 Å². The number of nitrogens with zero attached hydrogens (tertiary/aromatic N) is 1. The van der Waals surface area contributed by atoms with Gasteiger partial charge in [-0.15, -0.1) is 0 Å². The zero-order chi connectivity index (χ0) is 9.72. The van der Waals surface area contributed by atoms with Crippen LogP contribution in [-0.2, 0) is 14.4 Å². The fraction of sp³-hybridized carbons (Fsp3) is 0.571. The van der Waals surface area contributed by atoms with E-state index < -0.39 is 17.9 Å². The number of hydrogen-bond acceptors (Lipinski definition) is 4. The van der Waals surface area contributed by atoms with Crippen LogP contribution in [0.15, 0.2) is 0 Å². The van der Waals surface area contributed by atoms with Crippen molar-refractivity contribution in [2.45, 2.75) is 19.9 Å². The Hall–Kier alpha value is -1.23. The fourth-order valence-electron chi connectivity index (χ4n) is 0.694. The van der Waals surface area contributed by atoms with Crippen LogP contribution >= 0.6 is 0 Å². The summed E-state index contributed by atoms with van der Waals surface area (Å²) in [5.41, 5.74) is 5.25. The summed E-state index contributed by atoms with van der Waals surface area (Å²) >= 11 is 0. The van der Waals surface area contributed by atoms with Gasteiger partial charge in [0.15, 0.2) is 0 Å². The van der Waals surface area contributed by atoms with Crippen molar-refractivity contribution in [3.05, 3.63) is 0 Å². The zero-order valence-electron chi connectivity index (χ0n) is 7.11. The first kappa shape index (κ1) is 10.8. The summed E-state index contributed by atoms with van der Waals surface area (Å²) in [4.78, 5) is 32.7. The topological polar surface area (TPSA) is 80.5 Å². The van der Waals surface area contributed by atoms with Crippen LogP contribution in [0.3, 0.4) is 0 Å². The molecule has 0 aromatic carbocycles. The first-order valence-electron chi connectivity index (χ1n) is 3.51. The van der Waals surface area contributed by atoms with Crippen molar-refractivity contribution in [2.24, 2.45) is 5.73 Å². The van der Waals surface area contributed by atoms with Crippen molar-refractivity contribution in [2.75, 3.05) is 6.54 Å². The normalized spacial score (nSPS) is 11.9. The molecule has 0 aliphatic carbocycles. The molecule has 0 saturated heterocycles. The predicted molar refractivity (Wildman–Crippen MR) is 42.1 cm³/mol. The number of imide groups is 1. The molecule has 1 atom stereocenters. The lowest BCUT2D eigenvalue weighted by Crippen LogP contribution is -2.45. The molecule has 0 bridgehead atoms. The lowest BCUT2D eigenvalue weighted by molar-refractivity contribution is -0.145. The average Bonchev–Trinajstić information content (AvgIpc) is 1.98. The van der Waals surface area contributed by atoms with Gasteiger partial charge in [0.05, 0.1) is 12.6 Å². The van der Waals surface area contributed by atoms with Gasteiger partial charge >= 0.3 is 0 Å². The molecule has 12 heavy (non-hydrogen) atoms. The molecule has 0 aromatic heterocycles. The van der Waals surface area contributed by atoms with Gasteiger partial charge in [0.1, 0.15) is 6.29 Å². The molecule has 0 saturated carbocycles. The highest BCUT2D eigenvalue weighted by molar-refractivity contribution is 5.98. The van der Waals surface area contributed by atoms with E-state index in [1.54, 1.807) is 0 Å². The van der Waals surface area contributed by atoms with Gasteiger partial charge in [-0.3, -0.25) is 14.5 Å². The second-order valence-electron chi connectivity index (χ2n) is 2.42. The van der Waals surface area contributed by atoms with E-state index in [1.807, 2.05) is 0 Å². The van der Waals surface area contributed by atoms with Gasteiger partial charge in [0, 0.05) is 6.92 Å².